The third-order valence-electron chi connectivity index (χ3n) is 4.82. The molecule has 0 radical (unpaired) electrons. The molecule has 0 saturated heterocycles. The third-order valence-corrected chi connectivity index (χ3v) is 5.06. The average molecular weight is 304 g/mol. The summed E-state index contributed by atoms with van der Waals surface area (Å²) in [6.45, 7) is 1.64. The summed E-state index contributed by atoms with van der Waals surface area (Å²) in [7, 11) is 0. The Hall–Kier alpha value is -1.39. The van der Waals surface area contributed by atoms with Gasteiger partial charge in [-0.05, 0) is 55.2 Å². The van der Waals surface area contributed by atoms with Gasteiger partial charge in [0.15, 0.2) is 0 Å². The molecule has 2 aliphatic carbocycles. The first-order chi connectivity index (χ1) is 10.2. The fourth-order valence-corrected chi connectivity index (χ4v) is 3.43. The summed E-state index contributed by atoms with van der Waals surface area (Å²) in [5.41, 5.74) is 1.11. The Balaban J connectivity index is 1.49. The quantitative estimate of drug-likeness (QED) is 0.893. The van der Waals surface area contributed by atoms with Crippen LogP contribution in [-0.2, 0) is 6.54 Å². The maximum absolute atomic E-state index is 12.0. The Morgan fingerprint density at radius 1 is 1.38 bits per heavy atom. The Kier molecular flexibility index (Phi) is 3.05. The van der Waals surface area contributed by atoms with E-state index in [1.807, 2.05) is 0 Å². The van der Waals surface area contributed by atoms with Gasteiger partial charge in [0.25, 0.3) is 5.56 Å². The van der Waals surface area contributed by atoms with E-state index in [2.05, 4.69) is 15.3 Å². The molecule has 4 nitrogen and oxygen atoms in total. The number of halogens is 1. The first kappa shape index (κ1) is 13.3. The molecular weight excluding hydrogens is 286 g/mol. The van der Waals surface area contributed by atoms with Gasteiger partial charge in [0.1, 0.15) is 5.82 Å². The zero-order valence-electron chi connectivity index (χ0n) is 11.8. The zero-order chi connectivity index (χ0) is 14.4. The fourth-order valence-electron chi connectivity index (χ4n) is 3.26. The summed E-state index contributed by atoms with van der Waals surface area (Å²) < 4.78 is 0. The number of H-pyrrole nitrogens is 1. The zero-order valence-corrected chi connectivity index (χ0v) is 12.5. The predicted octanol–water partition coefficient (Wildman–Crippen LogP) is 2.86. The summed E-state index contributed by atoms with van der Waals surface area (Å²) in [6, 6.07) is 5.17. The molecule has 1 heterocycles. The molecule has 1 aromatic heterocycles. The molecule has 110 valence electrons. The van der Waals surface area contributed by atoms with Gasteiger partial charge < -0.3 is 10.3 Å². The lowest BCUT2D eigenvalue weighted by atomic mass is 10.0. The molecule has 0 aliphatic heterocycles. The van der Waals surface area contributed by atoms with Gasteiger partial charge >= 0.3 is 0 Å². The number of rotatable bonds is 5. The summed E-state index contributed by atoms with van der Waals surface area (Å²) in [4.78, 5) is 19.4. The minimum Gasteiger partial charge on any atom is -0.309 e. The first-order valence-corrected chi connectivity index (χ1v) is 7.93. The van der Waals surface area contributed by atoms with E-state index in [0.29, 0.717) is 33.7 Å². The number of hydrogen-bond acceptors (Lipinski definition) is 3. The number of benzene rings is 1. The standard InChI is InChI=1S/C16H18ClN3O/c17-11-3-4-12-13(7-11)19-14(20-15(12)21)8-18-9-16(5-6-16)10-1-2-10/h3-4,7,10,18H,1-2,5-6,8-9H2,(H,19,20,21). The highest BCUT2D eigenvalue weighted by atomic mass is 35.5. The highest BCUT2D eigenvalue weighted by Gasteiger charge is 2.53. The molecule has 5 heteroatoms. The second-order valence-electron chi connectivity index (χ2n) is 6.41. The van der Waals surface area contributed by atoms with Gasteiger partial charge in [0.05, 0.1) is 17.4 Å². The Morgan fingerprint density at radius 3 is 2.90 bits per heavy atom. The molecule has 0 atom stereocenters. The van der Waals surface area contributed by atoms with Crippen LogP contribution in [0.1, 0.15) is 31.5 Å². The molecule has 4 rings (SSSR count). The van der Waals surface area contributed by atoms with E-state index < -0.39 is 0 Å². The number of aromatic amines is 1. The second-order valence-corrected chi connectivity index (χ2v) is 6.85. The molecule has 1 aromatic carbocycles. The van der Waals surface area contributed by atoms with Crippen LogP contribution in [-0.4, -0.2) is 16.5 Å². The Bertz CT molecular complexity index is 747. The van der Waals surface area contributed by atoms with Crippen molar-refractivity contribution in [2.45, 2.75) is 32.2 Å². The highest BCUT2D eigenvalue weighted by molar-refractivity contribution is 6.31. The molecule has 0 amide bonds. The lowest BCUT2D eigenvalue weighted by Crippen LogP contribution is -2.27. The topological polar surface area (TPSA) is 57.8 Å². The van der Waals surface area contributed by atoms with Gasteiger partial charge in [-0.2, -0.15) is 0 Å². The van der Waals surface area contributed by atoms with Gasteiger partial charge in [-0.1, -0.05) is 11.6 Å². The van der Waals surface area contributed by atoms with Crippen molar-refractivity contribution in [1.82, 2.24) is 15.3 Å². The van der Waals surface area contributed by atoms with E-state index in [1.165, 1.54) is 25.7 Å². The molecule has 2 fully saturated rings. The van der Waals surface area contributed by atoms with Crippen LogP contribution in [0, 0.1) is 11.3 Å². The molecule has 2 aromatic rings. The minimum absolute atomic E-state index is 0.100. The number of fused-ring (bicyclic) bond motifs is 1. The van der Waals surface area contributed by atoms with Crippen molar-refractivity contribution in [3.8, 4) is 0 Å². The molecule has 0 unspecified atom stereocenters. The molecule has 0 bridgehead atoms. The third kappa shape index (κ3) is 2.58. The van der Waals surface area contributed by atoms with Crippen LogP contribution in [0.15, 0.2) is 23.0 Å². The summed E-state index contributed by atoms with van der Waals surface area (Å²) >= 11 is 5.97. The molecular formula is C16H18ClN3O. The fraction of sp³-hybridized carbons (Fsp3) is 0.500. The van der Waals surface area contributed by atoms with Gasteiger partial charge in [-0.3, -0.25) is 4.79 Å². The highest BCUT2D eigenvalue weighted by Crippen LogP contribution is 2.60. The van der Waals surface area contributed by atoms with E-state index in [1.54, 1.807) is 18.2 Å². The maximum Gasteiger partial charge on any atom is 0.258 e. The summed E-state index contributed by atoms with van der Waals surface area (Å²) in [5.74, 6) is 1.62. The van der Waals surface area contributed by atoms with Crippen LogP contribution in [0.2, 0.25) is 5.02 Å². The molecule has 2 saturated carbocycles. The lowest BCUT2D eigenvalue weighted by molar-refractivity contribution is 0.401. The summed E-state index contributed by atoms with van der Waals surface area (Å²) in [6.07, 6.45) is 5.49. The van der Waals surface area contributed by atoms with Crippen LogP contribution < -0.4 is 10.9 Å². The number of hydrogen-bond donors (Lipinski definition) is 2. The number of aromatic nitrogens is 2. The van der Waals surface area contributed by atoms with E-state index in [9.17, 15) is 4.79 Å². The average Bonchev–Trinajstić information content (AvgIpc) is 3.32. The van der Waals surface area contributed by atoms with Gasteiger partial charge in [-0.15, -0.1) is 0 Å². The number of nitrogens with zero attached hydrogens (tertiary/aromatic N) is 1. The van der Waals surface area contributed by atoms with E-state index in [4.69, 9.17) is 11.6 Å². The van der Waals surface area contributed by atoms with Crippen LogP contribution >= 0.6 is 11.6 Å². The van der Waals surface area contributed by atoms with Crippen LogP contribution in [0.25, 0.3) is 10.9 Å². The van der Waals surface area contributed by atoms with Crippen molar-refractivity contribution < 1.29 is 0 Å². The van der Waals surface area contributed by atoms with Crippen molar-refractivity contribution in [3.05, 3.63) is 39.4 Å². The van der Waals surface area contributed by atoms with E-state index in [-0.39, 0.29) is 5.56 Å². The van der Waals surface area contributed by atoms with E-state index >= 15 is 0 Å². The monoisotopic (exact) mass is 303 g/mol. The van der Waals surface area contributed by atoms with Crippen LogP contribution in [0.5, 0.6) is 0 Å². The summed E-state index contributed by atoms with van der Waals surface area (Å²) in [5, 5.41) is 4.65. The Labute approximate surface area is 127 Å². The van der Waals surface area contributed by atoms with Crippen molar-refractivity contribution in [2.24, 2.45) is 11.3 Å². The predicted molar refractivity (Wildman–Crippen MR) is 83.5 cm³/mol. The second kappa shape index (κ2) is 4.82. The minimum atomic E-state index is -0.100. The molecule has 0 spiro atoms. The molecule has 2 N–H and O–H groups in total. The van der Waals surface area contributed by atoms with Gasteiger partial charge in [-0.25, -0.2) is 4.98 Å². The SMILES string of the molecule is O=c1[nH]c(CNCC2(C3CC3)CC2)nc2cc(Cl)ccc12. The first-order valence-electron chi connectivity index (χ1n) is 7.55. The lowest BCUT2D eigenvalue weighted by Gasteiger charge is -2.14. The van der Waals surface area contributed by atoms with Gasteiger partial charge in [0.2, 0.25) is 0 Å². The van der Waals surface area contributed by atoms with Crippen molar-refractivity contribution in [2.75, 3.05) is 6.54 Å². The van der Waals surface area contributed by atoms with Crippen molar-refractivity contribution in [1.29, 1.82) is 0 Å². The van der Waals surface area contributed by atoms with Crippen molar-refractivity contribution in [3.63, 3.8) is 0 Å². The smallest absolute Gasteiger partial charge is 0.258 e. The van der Waals surface area contributed by atoms with E-state index in [0.717, 1.165) is 12.5 Å². The number of nitrogens with one attached hydrogen (secondary N) is 2. The van der Waals surface area contributed by atoms with Crippen LogP contribution in [0.3, 0.4) is 0 Å². The van der Waals surface area contributed by atoms with Crippen LogP contribution in [0.4, 0.5) is 0 Å². The normalized spacial score (nSPS) is 19.9. The largest absolute Gasteiger partial charge is 0.309 e. The molecule has 21 heavy (non-hydrogen) atoms. The van der Waals surface area contributed by atoms with Crippen molar-refractivity contribution >= 4 is 22.5 Å². The van der Waals surface area contributed by atoms with Gasteiger partial charge in [0, 0.05) is 11.6 Å². The molecule has 2 aliphatic rings. The Morgan fingerprint density at radius 2 is 2.19 bits per heavy atom. The maximum atomic E-state index is 12.0.